The number of nitrogens with zero attached hydrogens (tertiary/aromatic N) is 4. The van der Waals surface area contributed by atoms with E-state index in [9.17, 15) is 13.6 Å². The van der Waals surface area contributed by atoms with Crippen LogP contribution < -0.4 is 9.64 Å². The topological polar surface area (TPSA) is 58.6 Å². The van der Waals surface area contributed by atoms with Crippen LogP contribution in [0.4, 0.5) is 14.6 Å². The van der Waals surface area contributed by atoms with Crippen LogP contribution in [0.25, 0.3) is 0 Å². The number of fused-ring (bicyclic) bond motifs is 1. The second-order valence-electron chi connectivity index (χ2n) is 7.13. The third-order valence-electron chi connectivity index (χ3n) is 5.33. The lowest BCUT2D eigenvalue weighted by Crippen LogP contribution is -2.38. The molecule has 2 aromatic rings. The highest BCUT2D eigenvalue weighted by molar-refractivity contribution is 5.95. The van der Waals surface area contributed by atoms with E-state index in [1.165, 1.54) is 12.0 Å². The number of aryl methyl sites for hydroxylation is 1. The van der Waals surface area contributed by atoms with Crippen molar-refractivity contribution in [2.45, 2.75) is 32.7 Å². The first-order chi connectivity index (χ1) is 13.5. The minimum atomic E-state index is -0.977. The molecule has 4 rings (SSSR count). The number of carbonyl (C=O) groups is 1. The number of benzene rings is 1. The molecule has 1 amide bonds. The van der Waals surface area contributed by atoms with Gasteiger partial charge in [-0.2, -0.15) is 0 Å². The van der Waals surface area contributed by atoms with E-state index in [2.05, 4.69) is 14.9 Å². The van der Waals surface area contributed by atoms with Gasteiger partial charge in [0, 0.05) is 25.2 Å². The fourth-order valence-electron chi connectivity index (χ4n) is 3.95. The zero-order valence-corrected chi connectivity index (χ0v) is 16.0. The van der Waals surface area contributed by atoms with Crippen LogP contribution in [0.5, 0.6) is 5.75 Å². The zero-order valence-electron chi connectivity index (χ0n) is 16.0. The van der Waals surface area contributed by atoms with E-state index in [-0.39, 0.29) is 12.1 Å². The molecule has 2 aliphatic rings. The number of anilines is 1. The van der Waals surface area contributed by atoms with Gasteiger partial charge in [-0.15, -0.1) is 0 Å². The standard InChI is InChI=1S/C20H22F2N4O2/c1-12-23-16-11-26(10-7-13(16)19(24-12)25-8-3-4-9-25)20(27)14-5-6-15(21)18(28-2)17(14)22/h5-6H,3-4,7-11H2,1-2H3. The highest BCUT2D eigenvalue weighted by atomic mass is 19.1. The van der Waals surface area contributed by atoms with Crippen molar-refractivity contribution in [3.8, 4) is 5.75 Å². The lowest BCUT2D eigenvalue weighted by atomic mass is 10.0. The maximum Gasteiger partial charge on any atom is 0.257 e. The molecule has 1 aromatic carbocycles. The number of aromatic nitrogens is 2. The summed E-state index contributed by atoms with van der Waals surface area (Å²) in [5.41, 5.74) is 1.66. The predicted octanol–water partition coefficient (Wildman–Crippen LogP) is 2.87. The first-order valence-electron chi connectivity index (χ1n) is 9.42. The van der Waals surface area contributed by atoms with Gasteiger partial charge in [-0.25, -0.2) is 18.7 Å². The number of ether oxygens (including phenoxy) is 1. The third kappa shape index (κ3) is 3.16. The van der Waals surface area contributed by atoms with Gasteiger partial charge in [-0.1, -0.05) is 0 Å². The fraction of sp³-hybridized carbons (Fsp3) is 0.450. The third-order valence-corrected chi connectivity index (χ3v) is 5.33. The van der Waals surface area contributed by atoms with Crippen molar-refractivity contribution in [2.75, 3.05) is 31.6 Å². The summed E-state index contributed by atoms with van der Waals surface area (Å²) >= 11 is 0. The summed E-state index contributed by atoms with van der Waals surface area (Å²) in [6.45, 7) is 4.50. The second-order valence-corrected chi connectivity index (χ2v) is 7.13. The van der Waals surface area contributed by atoms with E-state index in [0.717, 1.165) is 55.1 Å². The minimum Gasteiger partial charge on any atom is -0.491 e. The molecule has 2 aliphatic heterocycles. The van der Waals surface area contributed by atoms with Crippen molar-refractivity contribution in [2.24, 2.45) is 0 Å². The van der Waals surface area contributed by atoms with Crippen molar-refractivity contribution < 1.29 is 18.3 Å². The smallest absolute Gasteiger partial charge is 0.257 e. The van der Waals surface area contributed by atoms with E-state index >= 15 is 0 Å². The molecular weight excluding hydrogens is 366 g/mol. The lowest BCUT2D eigenvalue weighted by molar-refractivity contribution is 0.0725. The zero-order chi connectivity index (χ0) is 19.8. The Morgan fingerprint density at radius 2 is 1.89 bits per heavy atom. The molecule has 3 heterocycles. The molecule has 1 saturated heterocycles. The number of hydrogen-bond donors (Lipinski definition) is 0. The Morgan fingerprint density at radius 3 is 2.61 bits per heavy atom. The van der Waals surface area contributed by atoms with Gasteiger partial charge in [0.2, 0.25) is 0 Å². The Labute approximate surface area is 162 Å². The van der Waals surface area contributed by atoms with Crippen LogP contribution in [0.2, 0.25) is 0 Å². The highest BCUT2D eigenvalue weighted by Crippen LogP contribution is 2.30. The van der Waals surface area contributed by atoms with Crippen molar-refractivity contribution in [1.29, 1.82) is 0 Å². The van der Waals surface area contributed by atoms with E-state index < -0.39 is 23.3 Å². The summed E-state index contributed by atoms with van der Waals surface area (Å²) in [4.78, 5) is 25.9. The Balaban J connectivity index is 1.63. The molecule has 28 heavy (non-hydrogen) atoms. The summed E-state index contributed by atoms with van der Waals surface area (Å²) in [7, 11) is 1.17. The van der Waals surface area contributed by atoms with Gasteiger partial charge in [0.15, 0.2) is 17.4 Å². The monoisotopic (exact) mass is 388 g/mol. The molecule has 0 aliphatic carbocycles. The summed E-state index contributed by atoms with van der Waals surface area (Å²) in [6, 6.07) is 2.21. The summed E-state index contributed by atoms with van der Waals surface area (Å²) in [6.07, 6.45) is 2.90. The molecule has 0 spiro atoms. The molecule has 1 aromatic heterocycles. The van der Waals surface area contributed by atoms with Crippen LogP contribution in [0.3, 0.4) is 0 Å². The van der Waals surface area contributed by atoms with Crippen LogP contribution in [0, 0.1) is 18.6 Å². The lowest BCUT2D eigenvalue weighted by Gasteiger charge is -2.31. The van der Waals surface area contributed by atoms with Crippen LogP contribution in [0.15, 0.2) is 12.1 Å². The van der Waals surface area contributed by atoms with E-state index in [1.54, 1.807) is 0 Å². The molecule has 0 saturated carbocycles. The largest absolute Gasteiger partial charge is 0.491 e. The number of carbonyl (C=O) groups excluding carboxylic acids is 1. The summed E-state index contributed by atoms with van der Waals surface area (Å²) < 4.78 is 32.9. The van der Waals surface area contributed by atoms with Gasteiger partial charge in [0.05, 0.1) is 24.9 Å². The number of halogens is 2. The Morgan fingerprint density at radius 1 is 1.14 bits per heavy atom. The summed E-state index contributed by atoms with van der Waals surface area (Å²) in [5.74, 6) is -1.24. The average molecular weight is 388 g/mol. The quantitative estimate of drug-likeness (QED) is 0.809. The van der Waals surface area contributed by atoms with Crippen LogP contribution in [-0.4, -0.2) is 47.5 Å². The molecule has 0 radical (unpaired) electrons. The Kier molecular flexibility index (Phi) is 4.87. The first kappa shape index (κ1) is 18.6. The van der Waals surface area contributed by atoms with Gasteiger partial charge < -0.3 is 14.5 Å². The molecule has 0 N–H and O–H groups in total. The molecule has 1 fully saturated rings. The molecule has 8 heteroatoms. The normalized spacial score (nSPS) is 16.3. The van der Waals surface area contributed by atoms with Gasteiger partial charge in [0.25, 0.3) is 5.91 Å². The highest BCUT2D eigenvalue weighted by Gasteiger charge is 2.30. The molecule has 148 valence electrons. The number of amides is 1. The molecule has 6 nitrogen and oxygen atoms in total. The molecule has 0 bridgehead atoms. The maximum atomic E-state index is 14.5. The maximum absolute atomic E-state index is 14.5. The van der Waals surface area contributed by atoms with Gasteiger partial charge >= 0.3 is 0 Å². The van der Waals surface area contributed by atoms with Crippen molar-refractivity contribution in [3.63, 3.8) is 0 Å². The van der Waals surface area contributed by atoms with Crippen molar-refractivity contribution in [3.05, 3.63) is 46.4 Å². The summed E-state index contributed by atoms with van der Waals surface area (Å²) in [5, 5.41) is 0. The molecule has 0 unspecified atom stereocenters. The van der Waals surface area contributed by atoms with Crippen LogP contribution >= 0.6 is 0 Å². The number of methoxy groups -OCH3 is 1. The predicted molar refractivity (Wildman–Crippen MR) is 99.6 cm³/mol. The van der Waals surface area contributed by atoms with E-state index in [0.29, 0.717) is 18.8 Å². The average Bonchev–Trinajstić information content (AvgIpc) is 3.21. The van der Waals surface area contributed by atoms with Crippen molar-refractivity contribution >= 4 is 11.7 Å². The van der Waals surface area contributed by atoms with Gasteiger partial charge in [0.1, 0.15) is 11.6 Å². The SMILES string of the molecule is COc1c(F)ccc(C(=O)N2CCc3c(nc(C)nc3N3CCCC3)C2)c1F. The number of hydrogen-bond acceptors (Lipinski definition) is 5. The first-order valence-corrected chi connectivity index (χ1v) is 9.42. The van der Waals surface area contributed by atoms with Gasteiger partial charge in [-0.3, -0.25) is 4.79 Å². The molecule has 0 atom stereocenters. The van der Waals surface area contributed by atoms with Crippen molar-refractivity contribution in [1.82, 2.24) is 14.9 Å². The minimum absolute atomic E-state index is 0.202. The van der Waals surface area contributed by atoms with Crippen LogP contribution in [0.1, 0.15) is 40.3 Å². The Hall–Kier alpha value is -2.77. The Bertz CT molecular complexity index is 929. The van der Waals surface area contributed by atoms with E-state index in [1.807, 2.05) is 6.92 Å². The van der Waals surface area contributed by atoms with Gasteiger partial charge in [-0.05, 0) is 38.3 Å². The fourth-order valence-corrected chi connectivity index (χ4v) is 3.95. The van der Waals surface area contributed by atoms with E-state index in [4.69, 9.17) is 4.74 Å². The second kappa shape index (κ2) is 7.33. The number of rotatable bonds is 3. The molecular formula is C20H22F2N4O2. The van der Waals surface area contributed by atoms with Crippen LogP contribution in [-0.2, 0) is 13.0 Å².